The number of aromatic nitrogens is 1. The van der Waals surface area contributed by atoms with Crippen LogP contribution in [-0.2, 0) is 11.2 Å². The Bertz CT molecular complexity index is 641. The van der Waals surface area contributed by atoms with Crippen molar-refractivity contribution in [1.82, 2.24) is 10.3 Å². The average molecular weight is 342 g/mol. The van der Waals surface area contributed by atoms with Crippen molar-refractivity contribution in [2.75, 3.05) is 23.4 Å². The number of hydrogen-bond donors (Lipinski definition) is 2. The van der Waals surface area contributed by atoms with Gasteiger partial charge in [0.1, 0.15) is 5.52 Å². The van der Waals surface area contributed by atoms with Gasteiger partial charge in [0.25, 0.3) is 0 Å². The Hall–Kier alpha value is -1.24. The first-order chi connectivity index (χ1) is 10.2. The summed E-state index contributed by atoms with van der Waals surface area (Å²) in [6.07, 6.45) is 1.27. The van der Waals surface area contributed by atoms with Crippen LogP contribution in [0.4, 0.5) is 5.69 Å². The minimum absolute atomic E-state index is 0. The number of oxazole rings is 1. The van der Waals surface area contributed by atoms with Crippen molar-refractivity contribution >= 4 is 46.9 Å². The van der Waals surface area contributed by atoms with E-state index < -0.39 is 0 Å². The molecule has 1 atom stereocenters. The summed E-state index contributed by atoms with van der Waals surface area (Å²) in [5.74, 6) is 2.88. The largest absolute Gasteiger partial charge is 0.441 e. The van der Waals surface area contributed by atoms with Gasteiger partial charge in [-0.1, -0.05) is 6.92 Å². The first-order valence-corrected chi connectivity index (χ1v) is 8.40. The molecule has 0 aliphatic carbocycles. The second-order valence-corrected chi connectivity index (χ2v) is 6.27. The minimum atomic E-state index is 0. The molecule has 0 bridgehead atoms. The molecule has 2 aromatic rings. The number of halogens is 1. The Labute approximate surface area is 140 Å². The third-order valence-corrected chi connectivity index (χ3v) is 4.58. The number of fused-ring (bicyclic) bond motifs is 1. The lowest BCUT2D eigenvalue weighted by atomic mass is 10.2. The molecule has 1 aliphatic rings. The number of amides is 1. The monoisotopic (exact) mass is 341 g/mol. The van der Waals surface area contributed by atoms with Crippen LogP contribution in [0.3, 0.4) is 0 Å². The molecular weight excluding hydrogens is 322 g/mol. The van der Waals surface area contributed by atoms with E-state index in [9.17, 15) is 4.79 Å². The molecule has 22 heavy (non-hydrogen) atoms. The molecule has 1 aliphatic heterocycles. The molecule has 1 saturated heterocycles. The van der Waals surface area contributed by atoms with E-state index in [2.05, 4.69) is 15.6 Å². The molecule has 1 amide bonds. The fourth-order valence-electron chi connectivity index (χ4n) is 2.39. The van der Waals surface area contributed by atoms with Crippen LogP contribution in [-0.4, -0.2) is 35.0 Å². The SMILES string of the molecule is CCc1nc2cc(NC(=O)CC3CSCCN3)ccc2o1.Cl. The number of aryl methyl sites for hydroxylation is 1. The molecule has 3 rings (SSSR count). The molecule has 1 aromatic carbocycles. The summed E-state index contributed by atoms with van der Waals surface area (Å²) in [5.41, 5.74) is 2.32. The van der Waals surface area contributed by atoms with Gasteiger partial charge >= 0.3 is 0 Å². The third kappa shape index (κ3) is 4.15. The number of anilines is 1. The van der Waals surface area contributed by atoms with E-state index >= 15 is 0 Å². The standard InChI is InChI=1S/C15H19N3O2S.ClH/c1-2-15-18-12-7-10(3-4-13(12)20-15)17-14(19)8-11-9-21-6-5-16-11;/h3-4,7,11,16H,2,5-6,8-9H2,1H3,(H,17,19);1H. The zero-order valence-corrected chi connectivity index (χ0v) is 14.1. The van der Waals surface area contributed by atoms with Gasteiger partial charge in [-0.15, -0.1) is 12.4 Å². The van der Waals surface area contributed by atoms with Gasteiger partial charge < -0.3 is 15.1 Å². The summed E-state index contributed by atoms with van der Waals surface area (Å²) in [6.45, 7) is 2.98. The van der Waals surface area contributed by atoms with E-state index in [1.165, 1.54) is 0 Å². The smallest absolute Gasteiger partial charge is 0.225 e. The first-order valence-electron chi connectivity index (χ1n) is 7.25. The minimum Gasteiger partial charge on any atom is -0.441 e. The second kappa shape index (κ2) is 7.85. The lowest BCUT2D eigenvalue weighted by molar-refractivity contribution is -0.116. The van der Waals surface area contributed by atoms with Gasteiger partial charge in [-0.2, -0.15) is 11.8 Å². The molecule has 2 heterocycles. The lowest BCUT2D eigenvalue weighted by Gasteiger charge is -2.22. The van der Waals surface area contributed by atoms with Crippen LogP contribution in [0.2, 0.25) is 0 Å². The van der Waals surface area contributed by atoms with Gasteiger partial charge in [0, 0.05) is 42.6 Å². The highest BCUT2D eigenvalue weighted by molar-refractivity contribution is 7.99. The highest BCUT2D eigenvalue weighted by Crippen LogP contribution is 2.20. The predicted molar refractivity (Wildman–Crippen MR) is 93.0 cm³/mol. The number of benzene rings is 1. The number of carbonyl (C=O) groups excluding carboxylic acids is 1. The fraction of sp³-hybridized carbons (Fsp3) is 0.467. The molecule has 1 unspecified atom stereocenters. The van der Waals surface area contributed by atoms with E-state index in [0.717, 1.165) is 47.1 Å². The number of nitrogens with one attached hydrogen (secondary N) is 2. The quantitative estimate of drug-likeness (QED) is 0.895. The highest BCUT2D eigenvalue weighted by Gasteiger charge is 2.17. The van der Waals surface area contributed by atoms with E-state index in [4.69, 9.17) is 4.42 Å². The Morgan fingerprint density at radius 2 is 2.41 bits per heavy atom. The Morgan fingerprint density at radius 3 is 3.14 bits per heavy atom. The van der Waals surface area contributed by atoms with Gasteiger partial charge in [-0.3, -0.25) is 4.79 Å². The number of carbonyl (C=O) groups is 1. The Balaban J connectivity index is 0.00000176. The van der Waals surface area contributed by atoms with Crippen LogP contribution >= 0.6 is 24.2 Å². The summed E-state index contributed by atoms with van der Waals surface area (Å²) in [6, 6.07) is 5.84. The van der Waals surface area contributed by atoms with Crippen molar-refractivity contribution in [2.45, 2.75) is 25.8 Å². The molecule has 2 N–H and O–H groups in total. The van der Waals surface area contributed by atoms with Gasteiger partial charge in [-0.05, 0) is 18.2 Å². The van der Waals surface area contributed by atoms with Crippen molar-refractivity contribution in [3.05, 3.63) is 24.1 Å². The van der Waals surface area contributed by atoms with Crippen molar-refractivity contribution in [3.63, 3.8) is 0 Å². The Morgan fingerprint density at radius 1 is 1.55 bits per heavy atom. The molecule has 5 nitrogen and oxygen atoms in total. The van der Waals surface area contributed by atoms with Crippen LogP contribution < -0.4 is 10.6 Å². The molecule has 0 radical (unpaired) electrons. The maximum absolute atomic E-state index is 12.1. The molecule has 120 valence electrons. The highest BCUT2D eigenvalue weighted by atomic mass is 35.5. The maximum atomic E-state index is 12.1. The second-order valence-electron chi connectivity index (χ2n) is 5.12. The average Bonchev–Trinajstić information content (AvgIpc) is 2.90. The van der Waals surface area contributed by atoms with Gasteiger partial charge in [0.05, 0.1) is 0 Å². The summed E-state index contributed by atoms with van der Waals surface area (Å²) in [4.78, 5) is 16.5. The zero-order valence-electron chi connectivity index (χ0n) is 12.4. The molecular formula is C15H20ClN3O2S. The van der Waals surface area contributed by atoms with E-state index in [1.54, 1.807) is 0 Å². The van der Waals surface area contributed by atoms with E-state index in [-0.39, 0.29) is 24.4 Å². The van der Waals surface area contributed by atoms with Gasteiger partial charge in [0.15, 0.2) is 11.5 Å². The van der Waals surface area contributed by atoms with Gasteiger partial charge in [0.2, 0.25) is 5.91 Å². The molecule has 0 spiro atoms. The summed E-state index contributed by atoms with van der Waals surface area (Å²) >= 11 is 1.89. The number of nitrogens with zero attached hydrogens (tertiary/aromatic N) is 1. The first kappa shape index (κ1) is 17.1. The lowest BCUT2D eigenvalue weighted by Crippen LogP contribution is -2.39. The van der Waals surface area contributed by atoms with Crippen molar-refractivity contribution < 1.29 is 9.21 Å². The third-order valence-electron chi connectivity index (χ3n) is 3.45. The number of rotatable bonds is 4. The van der Waals surface area contributed by atoms with Crippen molar-refractivity contribution in [1.29, 1.82) is 0 Å². The van der Waals surface area contributed by atoms with Crippen LogP contribution in [0.1, 0.15) is 19.2 Å². The van der Waals surface area contributed by atoms with Gasteiger partial charge in [-0.25, -0.2) is 4.98 Å². The van der Waals surface area contributed by atoms with Crippen molar-refractivity contribution in [2.24, 2.45) is 0 Å². The topological polar surface area (TPSA) is 67.2 Å². The van der Waals surface area contributed by atoms with Crippen LogP contribution in [0.5, 0.6) is 0 Å². The molecule has 1 fully saturated rings. The molecule has 1 aromatic heterocycles. The van der Waals surface area contributed by atoms with Crippen LogP contribution in [0.25, 0.3) is 11.1 Å². The van der Waals surface area contributed by atoms with Crippen LogP contribution in [0, 0.1) is 0 Å². The normalized spacial score (nSPS) is 18.0. The van der Waals surface area contributed by atoms with Crippen molar-refractivity contribution in [3.8, 4) is 0 Å². The predicted octanol–water partition coefficient (Wildman–Crippen LogP) is 2.85. The zero-order chi connectivity index (χ0) is 14.7. The fourth-order valence-corrected chi connectivity index (χ4v) is 3.34. The number of hydrogen-bond acceptors (Lipinski definition) is 5. The maximum Gasteiger partial charge on any atom is 0.225 e. The molecule has 7 heteroatoms. The summed E-state index contributed by atoms with van der Waals surface area (Å²) in [5, 5.41) is 6.31. The van der Waals surface area contributed by atoms with Crippen LogP contribution in [0.15, 0.2) is 22.6 Å². The van der Waals surface area contributed by atoms with E-state index in [0.29, 0.717) is 6.42 Å². The summed E-state index contributed by atoms with van der Waals surface area (Å²) < 4.78 is 5.56. The molecule has 0 saturated carbocycles. The van der Waals surface area contributed by atoms with E-state index in [1.807, 2.05) is 36.9 Å². The summed E-state index contributed by atoms with van der Waals surface area (Å²) in [7, 11) is 0. The number of thioether (sulfide) groups is 1. The Kier molecular flexibility index (Phi) is 6.11.